The third-order valence-corrected chi connectivity index (χ3v) is 12.8. The molecule has 2 aromatic carbocycles. The molecule has 12 heteroatoms. The van der Waals surface area contributed by atoms with Gasteiger partial charge in [-0.1, -0.05) is 70.8 Å². The van der Waals surface area contributed by atoms with Crippen LogP contribution >= 0.6 is 21.6 Å². The number of amides is 1. The summed E-state index contributed by atoms with van der Waals surface area (Å²) < 4.78 is 11.6. The summed E-state index contributed by atoms with van der Waals surface area (Å²) in [6.45, 7) is 2.80. The molecule has 1 aliphatic carbocycles. The number of rotatable bonds is 4. The van der Waals surface area contributed by atoms with E-state index >= 15 is 0 Å². The van der Waals surface area contributed by atoms with Crippen LogP contribution in [0.5, 0.6) is 11.5 Å². The van der Waals surface area contributed by atoms with Crippen molar-refractivity contribution in [2.75, 3.05) is 31.8 Å². The Labute approximate surface area is 304 Å². The maximum atomic E-state index is 13.7. The highest BCUT2D eigenvalue weighted by Gasteiger charge is 2.44. The highest BCUT2D eigenvalue weighted by Crippen LogP contribution is 2.43. The molecule has 1 saturated heterocycles. The molecule has 2 fully saturated rings. The number of fused-ring (bicyclic) bond motifs is 14. The topological polar surface area (TPSA) is 147 Å². The highest BCUT2D eigenvalue weighted by atomic mass is 33.1. The fourth-order valence-corrected chi connectivity index (χ4v) is 9.80. The first kappa shape index (κ1) is 38.1. The standard InChI is InChI=1S/C38H54N4O6S2/c1-27(43)48-38-14-12-29-19-31(35(46)33(20-29)47-2)24-42-25-37(23-34(42)45,21-28-9-5-3-6-10-28)16-17-40-36(39)41-26-50-49-18-8-4-7-11-30(13-15-38)32(44)22-38/h3,5-6,9-10,19-20,30,32,44,46H,4,7-8,11-18,21-26H2,1-2H3,(H3,39,40,41). The van der Waals surface area contributed by atoms with E-state index in [1.807, 2.05) is 35.2 Å². The predicted octanol–water partition coefficient (Wildman–Crippen LogP) is 5.97. The molecule has 3 aliphatic heterocycles. The van der Waals surface area contributed by atoms with E-state index in [1.165, 1.54) is 19.6 Å². The Bertz CT molecular complexity index is 1480. The van der Waals surface area contributed by atoms with Crippen molar-refractivity contribution in [2.24, 2.45) is 22.1 Å². The Hall–Kier alpha value is -3.09. The Morgan fingerprint density at radius 2 is 1.94 bits per heavy atom. The molecular weight excluding hydrogens is 673 g/mol. The van der Waals surface area contributed by atoms with Crippen LogP contribution in [0, 0.1) is 11.3 Å². The molecule has 0 aromatic heterocycles. The van der Waals surface area contributed by atoms with Crippen LogP contribution in [0.3, 0.4) is 0 Å². The third kappa shape index (κ3) is 10.5. The second-order valence-electron chi connectivity index (χ2n) is 14.4. The first-order chi connectivity index (χ1) is 24.1. The number of nitrogens with one attached hydrogen (secondary N) is 1. The van der Waals surface area contributed by atoms with E-state index in [-0.39, 0.29) is 35.5 Å². The lowest BCUT2D eigenvalue weighted by Gasteiger charge is -2.42. The van der Waals surface area contributed by atoms with Gasteiger partial charge in [-0.25, -0.2) is 4.99 Å². The minimum absolute atomic E-state index is 0.0186. The summed E-state index contributed by atoms with van der Waals surface area (Å²) in [4.78, 5) is 32.3. The summed E-state index contributed by atoms with van der Waals surface area (Å²) in [7, 11) is 5.02. The van der Waals surface area contributed by atoms with E-state index in [9.17, 15) is 19.8 Å². The number of ether oxygens (including phenoxy) is 2. The van der Waals surface area contributed by atoms with Crippen molar-refractivity contribution >= 4 is 39.4 Å². The zero-order chi connectivity index (χ0) is 35.6. The van der Waals surface area contributed by atoms with Crippen molar-refractivity contribution in [2.45, 2.75) is 102 Å². The number of carbonyl (C=O) groups is 2. The van der Waals surface area contributed by atoms with Gasteiger partial charge in [0.25, 0.3) is 0 Å². The second kappa shape index (κ2) is 17.9. The van der Waals surface area contributed by atoms with Crippen LogP contribution in [0.2, 0.25) is 0 Å². The molecule has 4 atom stereocenters. The molecule has 2 aromatic rings. The van der Waals surface area contributed by atoms with Gasteiger partial charge in [-0.2, -0.15) is 0 Å². The van der Waals surface area contributed by atoms with Crippen molar-refractivity contribution in [3.63, 3.8) is 0 Å². The van der Waals surface area contributed by atoms with Gasteiger partial charge in [0.2, 0.25) is 5.91 Å². The summed E-state index contributed by atoms with van der Waals surface area (Å²) in [6, 6.07) is 14.0. The molecule has 50 heavy (non-hydrogen) atoms. The van der Waals surface area contributed by atoms with Crippen LogP contribution in [0.15, 0.2) is 47.5 Å². The lowest BCUT2D eigenvalue weighted by atomic mass is 9.72. The summed E-state index contributed by atoms with van der Waals surface area (Å²) >= 11 is 0. The van der Waals surface area contributed by atoms with Crippen LogP contribution in [0.4, 0.5) is 0 Å². The average Bonchev–Trinajstić information content (AvgIpc) is 3.38. The molecule has 10 nitrogen and oxygen atoms in total. The summed E-state index contributed by atoms with van der Waals surface area (Å²) in [5, 5.41) is 25.8. The van der Waals surface area contributed by atoms with Gasteiger partial charge in [0.05, 0.1) is 19.1 Å². The van der Waals surface area contributed by atoms with Crippen molar-refractivity contribution in [3.8, 4) is 11.5 Å². The van der Waals surface area contributed by atoms with Crippen LogP contribution in [-0.2, 0) is 33.7 Å². The number of aliphatic hydroxyl groups is 1. The number of nitrogens with two attached hydrogens (primary N) is 1. The van der Waals surface area contributed by atoms with Gasteiger partial charge in [-0.05, 0) is 74.5 Å². The quantitative estimate of drug-likeness (QED) is 0.220. The minimum Gasteiger partial charge on any atom is -0.504 e. The molecular formula is C38H54N4O6S2. The number of esters is 1. The van der Waals surface area contributed by atoms with Gasteiger partial charge in [0.1, 0.15) is 5.60 Å². The van der Waals surface area contributed by atoms with Gasteiger partial charge in [-0.3, -0.25) is 9.59 Å². The summed E-state index contributed by atoms with van der Waals surface area (Å²) in [5.41, 5.74) is 7.85. The number of aryl methyl sites for hydroxylation is 1. The predicted molar refractivity (Wildman–Crippen MR) is 201 cm³/mol. The first-order valence-corrected chi connectivity index (χ1v) is 20.4. The Morgan fingerprint density at radius 1 is 1.12 bits per heavy atom. The van der Waals surface area contributed by atoms with Crippen molar-refractivity contribution < 1.29 is 29.3 Å². The number of aliphatic hydroxyl groups excluding tert-OH is 1. The van der Waals surface area contributed by atoms with Crippen molar-refractivity contribution in [1.82, 2.24) is 10.2 Å². The van der Waals surface area contributed by atoms with Gasteiger partial charge in [-0.15, -0.1) is 0 Å². The number of nitrogens with zero attached hydrogens (tertiary/aromatic N) is 2. The first-order valence-electron chi connectivity index (χ1n) is 18.0. The lowest BCUT2D eigenvalue weighted by Crippen LogP contribution is -2.45. The number of aliphatic imine (C=N–C) groups is 1. The molecule has 4 aliphatic rings. The summed E-state index contributed by atoms with van der Waals surface area (Å²) in [6.07, 6.45) is 8.56. The Balaban J connectivity index is 1.40. The van der Waals surface area contributed by atoms with Gasteiger partial charge >= 0.3 is 5.97 Å². The molecule has 1 amide bonds. The number of phenolic OH excluding ortho intramolecular Hbond substituents is 1. The molecule has 3 heterocycles. The van der Waals surface area contributed by atoms with Crippen LogP contribution in [0.25, 0.3) is 0 Å². The van der Waals surface area contributed by atoms with E-state index in [0.29, 0.717) is 68.3 Å². The normalized spacial score (nSPS) is 27.6. The van der Waals surface area contributed by atoms with E-state index < -0.39 is 11.7 Å². The van der Waals surface area contributed by atoms with Gasteiger partial charge in [0.15, 0.2) is 17.5 Å². The lowest BCUT2D eigenvalue weighted by molar-refractivity contribution is -0.168. The van der Waals surface area contributed by atoms with E-state index in [2.05, 4.69) is 22.4 Å². The molecule has 6 rings (SSSR count). The van der Waals surface area contributed by atoms with Gasteiger partial charge in [0, 0.05) is 56.1 Å². The number of guanidine groups is 1. The number of hydrogen-bond acceptors (Lipinski definition) is 11. The SMILES string of the molecule is COc1cc2cc(c1O)CN1CC(Cc3ccccc3)(CCNC(N)=NCSSCCCCCC3CCC(OC(C)=O)(CC2)CC3O)CC1=O. The molecule has 4 unspecified atom stereocenters. The number of phenols is 1. The van der Waals surface area contributed by atoms with Crippen molar-refractivity contribution in [3.05, 3.63) is 59.2 Å². The zero-order valence-electron chi connectivity index (χ0n) is 29.5. The van der Waals surface area contributed by atoms with Crippen LogP contribution < -0.4 is 15.8 Å². The largest absolute Gasteiger partial charge is 0.504 e. The second-order valence-corrected chi connectivity index (χ2v) is 16.9. The summed E-state index contributed by atoms with van der Waals surface area (Å²) in [5.74, 6) is 2.26. The monoisotopic (exact) mass is 726 g/mol. The van der Waals surface area contributed by atoms with Gasteiger partial charge < -0.3 is 35.6 Å². The molecule has 1 saturated carbocycles. The van der Waals surface area contributed by atoms with E-state index in [0.717, 1.165) is 56.3 Å². The smallest absolute Gasteiger partial charge is 0.303 e. The fourth-order valence-electron chi connectivity index (χ4n) is 8.01. The zero-order valence-corrected chi connectivity index (χ0v) is 31.2. The number of aromatic hydroxyl groups is 1. The van der Waals surface area contributed by atoms with E-state index in [4.69, 9.17) is 15.2 Å². The number of hydrogen-bond donors (Lipinski definition) is 4. The average molecular weight is 727 g/mol. The molecule has 0 radical (unpaired) electrons. The maximum absolute atomic E-state index is 13.7. The number of carbonyl (C=O) groups excluding carboxylic acids is 2. The Morgan fingerprint density at radius 3 is 2.70 bits per heavy atom. The Kier molecular flexibility index (Phi) is 13.7. The van der Waals surface area contributed by atoms with Crippen molar-refractivity contribution in [1.29, 1.82) is 0 Å². The fraction of sp³-hybridized carbons (Fsp3) is 0.605. The number of benzene rings is 2. The minimum atomic E-state index is -0.756. The molecule has 0 spiro atoms. The third-order valence-electron chi connectivity index (χ3n) is 10.6. The van der Waals surface area contributed by atoms with Crippen LogP contribution in [0.1, 0.15) is 87.8 Å². The van der Waals surface area contributed by atoms with E-state index in [1.54, 1.807) is 21.6 Å². The number of methoxy groups -OCH3 is 1. The molecule has 6 bridgehead atoms. The molecule has 5 N–H and O–H groups in total. The highest BCUT2D eigenvalue weighted by molar-refractivity contribution is 8.76. The van der Waals surface area contributed by atoms with Crippen LogP contribution in [-0.4, -0.2) is 76.5 Å². The maximum Gasteiger partial charge on any atom is 0.303 e. The molecule has 274 valence electrons.